The van der Waals surface area contributed by atoms with E-state index in [4.69, 9.17) is 25.0 Å². The Morgan fingerprint density at radius 2 is 0.887 bits per heavy atom. The third-order valence-electron chi connectivity index (χ3n) is 10.3. The Morgan fingerprint density at radius 3 is 1.61 bits per heavy atom. The summed E-state index contributed by atoms with van der Waals surface area (Å²) >= 11 is 0. The van der Waals surface area contributed by atoms with Gasteiger partial charge in [-0.15, -0.1) is 0 Å². The maximum atomic E-state index is 10.3. The van der Waals surface area contributed by atoms with Gasteiger partial charge in [0.25, 0.3) is 0 Å². The monoisotopic (exact) mass is 819 g/mol. The smallest absolute Gasteiger partial charge is 0.167 e. The molecule has 0 amide bonds. The lowest BCUT2D eigenvalue weighted by atomic mass is 9.92. The Hall–Kier alpha value is -8.41. The fourth-order valence-electron chi connectivity index (χ4n) is 7.65. The molecule has 62 heavy (non-hydrogen) atoms. The minimum Gasteiger partial charge on any atom is -0.455 e. The van der Waals surface area contributed by atoms with Crippen LogP contribution < -0.4 is 0 Å². The first-order valence-corrected chi connectivity index (χ1v) is 18.6. The van der Waals surface area contributed by atoms with Crippen LogP contribution in [0.2, 0.25) is 0 Å². The normalized spacial score (nSPS) is 18.4. The second-order valence-electron chi connectivity index (χ2n) is 13.7. The predicted octanol–water partition coefficient (Wildman–Crippen LogP) is 14.9. The van der Waals surface area contributed by atoms with Gasteiger partial charge >= 0.3 is 0 Å². The zero-order valence-corrected chi connectivity index (χ0v) is 31.1. The van der Waals surface area contributed by atoms with Gasteiger partial charge in [-0.05, 0) is 74.5 Å². The van der Waals surface area contributed by atoms with E-state index in [2.05, 4.69) is 15.0 Å². The van der Waals surface area contributed by atoms with Crippen LogP contribution in [-0.4, -0.2) is 19.5 Å². The minimum absolute atomic E-state index is 0.0271. The van der Waals surface area contributed by atoms with Gasteiger partial charge in [-0.25, -0.2) is 15.0 Å². The van der Waals surface area contributed by atoms with E-state index in [0.29, 0.717) is 0 Å². The van der Waals surface area contributed by atoms with Gasteiger partial charge in [0, 0.05) is 43.9 Å². The molecule has 5 nitrogen and oxygen atoms in total. The van der Waals surface area contributed by atoms with Crippen molar-refractivity contribution in [3.8, 4) is 62.1 Å². The molecular weight excluding hydrogens is 757 g/mol. The molecule has 0 unspecified atom stereocenters. The van der Waals surface area contributed by atoms with E-state index in [1.165, 1.54) is 4.57 Å². The largest absolute Gasteiger partial charge is 0.455 e. The van der Waals surface area contributed by atoms with Crippen LogP contribution in [0.4, 0.5) is 0 Å². The van der Waals surface area contributed by atoms with Crippen molar-refractivity contribution in [2.24, 2.45) is 0 Å². The molecule has 288 valence electrons. The quantitative estimate of drug-likeness (QED) is 0.157. The summed E-state index contributed by atoms with van der Waals surface area (Å²) in [5.41, 5.74) is -6.53. The molecule has 0 spiro atoms. The van der Waals surface area contributed by atoms with Gasteiger partial charge < -0.3 is 8.98 Å². The average Bonchev–Trinajstić information content (AvgIpc) is 1.58. The Morgan fingerprint density at radius 1 is 0.371 bits per heavy atom. The fraction of sp³-hybridized carbons (Fsp3) is 0. The predicted molar refractivity (Wildman–Crippen MR) is 255 cm³/mol. The summed E-state index contributed by atoms with van der Waals surface area (Å²) < 4.78 is 271. The lowest BCUT2D eigenvalue weighted by molar-refractivity contribution is 0.670. The standard InChI is InChI=1S/C57H34N4O/c1-4-15-35(16-5-1)36-29-31-38(32-30-36)56-58-55(37-17-6-2-7-18-37)59-57(60-56)47-27-13-26-46-45-25-12-23-41(53(45)62-54(46)47)39-33-48-43-22-11-10-21-42(43)44-24-14-28-49-51(44)52(48)50(34-39)61(49)40-19-8-3-9-20-40/h1-34H/i1D,2D,4D,5D,6D,7D,10D,11D,12D,13D,14D,15D,16D,17D,18D,21D,22D,23D,24D,25D,26D,27D,28D,29D,30D,31D,32D,33D,34D. The van der Waals surface area contributed by atoms with Crippen molar-refractivity contribution in [3.05, 3.63) is 206 Å². The average molecular weight is 820 g/mol. The highest BCUT2D eigenvalue weighted by atomic mass is 16.3. The second kappa shape index (κ2) is 13.6. The van der Waals surface area contributed by atoms with E-state index in [-0.39, 0.29) is 49.0 Å². The topological polar surface area (TPSA) is 56.7 Å². The maximum absolute atomic E-state index is 10.3. The summed E-state index contributed by atoms with van der Waals surface area (Å²) in [6.07, 6.45) is 0. The highest BCUT2D eigenvalue weighted by Crippen LogP contribution is 2.47. The van der Waals surface area contributed by atoms with E-state index in [1.54, 1.807) is 30.3 Å². The number of benzene rings is 10. The first-order valence-electron chi connectivity index (χ1n) is 33.1. The van der Waals surface area contributed by atoms with Crippen LogP contribution in [-0.2, 0) is 0 Å². The van der Waals surface area contributed by atoms with Gasteiger partial charge in [0.1, 0.15) is 11.2 Å². The maximum Gasteiger partial charge on any atom is 0.167 e. The van der Waals surface area contributed by atoms with Crippen LogP contribution in [0.25, 0.3) is 127 Å². The van der Waals surface area contributed by atoms with Crippen LogP contribution in [0.15, 0.2) is 210 Å². The van der Waals surface area contributed by atoms with Crippen LogP contribution in [0.5, 0.6) is 0 Å². The number of fused-ring (bicyclic) bond motifs is 6. The van der Waals surface area contributed by atoms with Gasteiger partial charge in [0.15, 0.2) is 17.5 Å². The SMILES string of the molecule is [2H]c1c([2H])c([2H])c(-c2nc(-c3c([2H])c([2H])c(-c4c([2H])c([2H])c([2H])c([2H])c4[2H])c([2H])c3[2H])nc(-c3c([2H])c([2H])c([2H])c4c3oc3c(-c5c([2H])c6c7c([2H])c([2H])c([2H])c([2H])c7c7c([2H])c([2H])c([2H])c8c7c6c(c5[2H])n8-c5ccccc5)c([2H])c([2H])c([2H])c34)n2)c([2H])c1[2H]. The van der Waals surface area contributed by atoms with Crippen molar-refractivity contribution < 1.29 is 44.2 Å². The molecular formula is C57H34N4O. The van der Waals surface area contributed by atoms with E-state index in [1.807, 2.05) is 0 Å². The third kappa shape index (κ3) is 5.25. The molecule has 0 saturated heterocycles. The van der Waals surface area contributed by atoms with Crippen molar-refractivity contribution in [1.29, 1.82) is 0 Å². The molecule has 0 saturated carbocycles. The van der Waals surface area contributed by atoms with E-state index < -0.39 is 254 Å². The van der Waals surface area contributed by atoms with Crippen LogP contribution in [0.1, 0.15) is 39.8 Å². The third-order valence-corrected chi connectivity index (χ3v) is 10.3. The molecule has 0 fully saturated rings. The number of hydrogen-bond acceptors (Lipinski definition) is 4. The number of rotatable bonds is 6. The minimum atomic E-state index is -1.03. The van der Waals surface area contributed by atoms with E-state index in [9.17, 15) is 19.2 Å². The van der Waals surface area contributed by atoms with Gasteiger partial charge in [0.05, 0.1) is 56.3 Å². The van der Waals surface area contributed by atoms with Crippen LogP contribution in [0.3, 0.4) is 0 Å². The Labute approximate surface area is 396 Å². The number of para-hydroxylation sites is 3. The zero-order valence-electron chi connectivity index (χ0n) is 60.1. The lowest BCUT2D eigenvalue weighted by Gasteiger charge is -2.12. The second-order valence-corrected chi connectivity index (χ2v) is 13.7. The van der Waals surface area contributed by atoms with Gasteiger partial charge in [-0.2, -0.15) is 0 Å². The molecule has 0 radical (unpaired) electrons. The molecule has 13 rings (SSSR count). The molecule has 3 aromatic heterocycles. The van der Waals surface area contributed by atoms with Gasteiger partial charge in [-0.3, -0.25) is 0 Å². The summed E-state index contributed by atoms with van der Waals surface area (Å²) in [6, 6.07) is -16.7. The number of nitrogens with zero attached hydrogens (tertiary/aromatic N) is 4. The molecule has 0 aliphatic carbocycles. The molecule has 0 bridgehead atoms. The summed E-state index contributed by atoms with van der Waals surface area (Å²) in [7, 11) is 0. The molecule has 3 heterocycles. The number of hydrogen-bond donors (Lipinski definition) is 0. The van der Waals surface area contributed by atoms with Crippen molar-refractivity contribution >= 4 is 65.3 Å². The Balaban J connectivity index is 1.20. The fourth-order valence-corrected chi connectivity index (χ4v) is 7.65. The van der Waals surface area contributed by atoms with Crippen LogP contribution >= 0.6 is 0 Å². The van der Waals surface area contributed by atoms with Gasteiger partial charge in [0.2, 0.25) is 0 Å². The molecule has 0 aliphatic heterocycles. The first-order chi connectivity index (χ1) is 42.8. The van der Waals surface area contributed by atoms with E-state index >= 15 is 0 Å². The lowest BCUT2D eigenvalue weighted by Crippen LogP contribution is -2.00. The molecule has 5 heteroatoms. The first kappa shape index (κ1) is 16.6. The van der Waals surface area contributed by atoms with Gasteiger partial charge in [-0.1, -0.05) is 169 Å². The molecule has 0 atom stereocenters. The summed E-state index contributed by atoms with van der Waals surface area (Å²) in [6.45, 7) is 0. The van der Waals surface area contributed by atoms with Crippen molar-refractivity contribution in [3.63, 3.8) is 0 Å². The number of aromatic nitrogens is 4. The molecule has 0 aliphatic rings. The zero-order chi connectivity index (χ0) is 66.0. The summed E-state index contributed by atoms with van der Waals surface area (Å²) in [5, 5.41) is -2.43. The molecule has 13 aromatic rings. The van der Waals surface area contributed by atoms with Crippen molar-refractivity contribution in [1.82, 2.24) is 19.5 Å². The Bertz CT molecular complexity index is 5500. The van der Waals surface area contributed by atoms with Crippen molar-refractivity contribution in [2.75, 3.05) is 0 Å². The van der Waals surface area contributed by atoms with E-state index in [0.717, 1.165) is 0 Å². The summed E-state index contributed by atoms with van der Waals surface area (Å²) in [5.74, 6) is -2.63. The molecule has 0 N–H and O–H groups in total. The van der Waals surface area contributed by atoms with Crippen LogP contribution in [0, 0.1) is 0 Å². The Kier molecular flexibility index (Phi) is 3.62. The summed E-state index contributed by atoms with van der Waals surface area (Å²) in [4.78, 5) is 13.2. The molecule has 10 aromatic carbocycles. The number of furan rings is 1. The highest BCUT2D eigenvalue weighted by Gasteiger charge is 2.23. The highest BCUT2D eigenvalue weighted by molar-refractivity contribution is 6.35. The van der Waals surface area contributed by atoms with Crippen molar-refractivity contribution in [2.45, 2.75) is 0 Å².